The van der Waals surface area contributed by atoms with Crippen LogP contribution >= 0.6 is 0 Å². The number of amides is 1. The van der Waals surface area contributed by atoms with E-state index in [0.717, 1.165) is 29.8 Å². The lowest BCUT2D eigenvalue weighted by atomic mass is 9.84. The van der Waals surface area contributed by atoms with E-state index in [1.165, 1.54) is 6.92 Å². The Morgan fingerprint density at radius 1 is 1.39 bits per heavy atom. The van der Waals surface area contributed by atoms with Gasteiger partial charge >= 0.3 is 0 Å². The van der Waals surface area contributed by atoms with Gasteiger partial charge in [0.1, 0.15) is 5.70 Å². The SMILES string of the molecule is CC(=O)NC1=C[C@@H]2C(=NC3=C2CCCC3=O)C=C1. The Kier molecular flexibility index (Phi) is 2.51. The summed E-state index contributed by atoms with van der Waals surface area (Å²) in [7, 11) is 0. The minimum Gasteiger partial charge on any atom is -0.327 e. The number of fused-ring (bicyclic) bond motifs is 2. The van der Waals surface area contributed by atoms with E-state index < -0.39 is 0 Å². The molecule has 4 nitrogen and oxygen atoms in total. The average molecular weight is 242 g/mol. The Hall–Kier alpha value is -1.97. The van der Waals surface area contributed by atoms with E-state index in [1.54, 1.807) is 0 Å². The number of nitrogens with zero attached hydrogens (tertiary/aromatic N) is 1. The highest BCUT2D eigenvalue weighted by atomic mass is 16.1. The number of aliphatic imine (C=N–C) groups is 1. The van der Waals surface area contributed by atoms with Crippen LogP contribution in [-0.2, 0) is 9.59 Å². The second-order valence-corrected chi connectivity index (χ2v) is 4.80. The zero-order valence-corrected chi connectivity index (χ0v) is 10.2. The second kappa shape index (κ2) is 4.05. The molecule has 0 saturated heterocycles. The van der Waals surface area contributed by atoms with Gasteiger partial charge in [0, 0.05) is 25.0 Å². The van der Waals surface area contributed by atoms with Crippen molar-refractivity contribution in [3.63, 3.8) is 0 Å². The van der Waals surface area contributed by atoms with Gasteiger partial charge in [-0.2, -0.15) is 0 Å². The van der Waals surface area contributed by atoms with Gasteiger partial charge in [0.2, 0.25) is 5.91 Å². The second-order valence-electron chi connectivity index (χ2n) is 4.80. The number of carbonyl (C=O) groups is 2. The van der Waals surface area contributed by atoms with Crippen molar-refractivity contribution in [2.45, 2.75) is 26.2 Å². The molecule has 1 N–H and O–H groups in total. The first-order chi connectivity index (χ1) is 8.65. The predicted octanol–water partition coefficient (Wildman–Crippen LogP) is 1.65. The molecular weight excluding hydrogens is 228 g/mol. The summed E-state index contributed by atoms with van der Waals surface area (Å²) in [6.07, 6.45) is 8.15. The smallest absolute Gasteiger partial charge is 0.221 e. The standard InChI is InChI=1S/C14H14N2O2/c1-8(17)15-9-5-6-12-11(7-9)10-3-2-4-13(18)14(10)16-12/h5-7,11H,2-4H2,1H3,(H,15,17)/t11-/m0/s1. The number of carbonyl (C=O) groups excluding carboxylic acids is 2. The first kappa shape index (κ1) is 11.1. The van der Waals surface area contributed by atoms with Crippen molar-refractivity contribution in [2.75, 3.05) is 0 Å². The molecule has 0 aromatic heterocycles. The minimum absolute atomic E-state index is 0.0797. The van der Waals surface area contributed by atoms with E-state index in [9.17, 15) is 9.59 Å². The lowest BCUT2D eigenvalue weighted by Crippen LogP contribution is -2.23. The molecule has 18 heavy (non-hydrogen) atoms. The van der Waals surface area contributed by atoms with Gasteiger partial charge in [0.25, 0.3) is 0 Å². The molecule has 1 atom stereocenters. The summed E-state index contributed by atoms with van der Waals surface area (Å²) in [5.74, 6) is 0.148. The quantitative estimate of drug-likeness (QED) is 0.760. The van der Waals surface area contributed by atoms with Crippen LogP contribution in [0.1, 0.15) is 26.2 Å². The molecule has 3 aliphatic rings. The summed E-state index contributed by atoms with van der Waals surface area (Å²) in [6, 6.07) is 0. The largest absolute Gasteiger partial charge is 0.327 e. The lowest BCUT2D eigenvalue weighted by Gasteiger charge is -2.19. The van der Waals surface area contributed by atoms with E-state index >= 15 is 0 Å². The molecule has 0 aromatic rings. The molecule has 1 amide bonds. The lowest BCUT2D eigenvalue weighted by molar-refractivity contribution is -0.118. The van der Waals surface area contributed by atoms with Gasteiger partial charge in [-0.3, -0.25) is 9.59 Å². The third-order valence-corrected chi connectivity index (χ3v) is 3.45. The molecule has 2 aliphatic carbocycles. The van der Waals surface area contributed by atoms with Crippen molar-refractivity contribution in [3.05, 3.63) is 35.2 Å². The van der Waals surface area contributed by atoms with Crippen LogP contribution in [0.2, 0.25) is 0 Å². The van der Waals surface area contributed by atoms with Crippen LogP contribution in [0.25, 0.3) is 0 Å². The van der Waals surface area contributed by atoms with Crippen LogP contribution < -0.4 is 5.32 Å². The number of hydrogen-bond donors (Lipinski definition) is 1. The molecule has 4 heteroatoms. The van der Waals surface area contributed by atoms with Crippen molar-refractivity contribution in [3.8, 4) is 0 Å². The van der Waals surface area contributed by atoms with Crippen LogP contribution in [0.3, 0.4) is 0 Å². The van der Waals surface area contributed by atoms with E-state index in [0.29, 0.717) is 12.1 Å². The molecule has 1 aliphatic heterocycles. The summed E-state index contributed by atoms with van der Waals surface area (Å²) in [5, 5.41) is 2.77. The van der Waals surface area contributed by atoms with E-state index in [4.69, 9.17) is 0 Å². The van der Waals surface area contributed by atoms with Crippen molar-refractivity contribution in [1.82, 2.24) is 5.32 Å². The maximum atomic E-state index is 11.8. The molecule has 1 heterocycles. The van der Waals surface area contributed by atoms with Gasteiger partial charge < -0.3 is 5.32 Å². The van der Waals surface area contributed by atoms with Crippen LogP contribution in [0.5, 0.6) is 0 Å². The summed E-state index contributed by atoms with van der Waals surface area (Å²) in [6.45, 7) is 1.49. The molecule has 0 aromatic carbocycles. The first-order valence-corrected chi connectivity index (χ1v) is 6.17. The number of nitrogens with one attached hydrogen (secondary N) is 1. The van der Waals surface area contributed by atoms with Gasteiger partial charge in [-0.15, -0.1) is 0 Å². The van der Waals surface area contributed by atoms with E-state index in [-0.39, 0.29) is 17.6 Å². The van der Waals surface area contributed by atoms with Crippen LogP contribution in [0, 0.1) is 5.92 Å². The molecule has 0 fully saturated rings. The van der Waals surface area contributed by atoms with Crippen molar-refractivity contribution in [2.24, 2.45) is 10.9 Å². The number of ketones is 1. The highest BCUT2D eigenvalue weighted by molar-refractivity contribution is 6.11. The number of Topliss-reactive ketones (excluding diaryl/α,β-unsaturated/α-hetero) is 1. The number of rotatable bonds is 1. The topological polar surface area (TPSA) is 58.5 Å². The third kappa shape index (κ3) is 1.74. The third-order valence-electron chi connectivity index (χ3n) is 3.45. The first-order valence-electron chi connectivity index (χ1n) is 6.17. The predicted molar refractivity (Wildman–Crippen MR) is 67.8 cm³/mol. The Labute approximate surface area is 105 Å². The molecule has 0 saturated carbocycles. The highest BCUT2D eigenvalue weighted by Gasteiger charge is 2.33. The molecule has 0 unspecified atom stereocenters. The normalized spacial score (nSPS) is 25.4. The highest BCUT2D eigenvalue weighted by Crippen LogP contribution is 2.37. The number of allylic oxidation sites excluding steroid dienone is 5. The van der Waals surface area contributed by atoms with Gasteiger partial charge in [-0.05, 0) is 36.6 Å². The fraction of sp³-hybridized carbons (Fsp3) is 0.357. The van der Waals surface area contributed by atoms with Crippen molar-refractivity contribution >= 4 is 17.4 Å². The zero-order chi connectivity index (χ0) is 12.7. The van der Waals surface area contributed by atoms with Gasteiger partial charge in [0.05, 0.1) is 5.71 Å². The van der Waals surface area contributed by atoms with Gasteiger partial charge in [0.15, 0.2) is 5.78 Å². The minimum atomic E-state index is -0.0850. The Balaban J connectivity index is 1.94. The fourth-order valence-corrected chi connectivity index (χ4v) is 2.69. The molecule has 0 radical (unpaired) electrons. The molecule has 0 bridgehead atoms. The Morgan fingerprint density at radius 2 is 2.22 bits per heavy atom. The maximum absolute atomic E-state index is 11.8. The summed E-state index contributed by atoms with van der Waals surface area (Å²) in [5.41, 5.74) is 3.49. The van der Waals surface area contributed by atoms with Gasteiger partial charge in [-0.1, -0.05) is 0 Å². The summed E-state index contributed by atoms with van der Waals surface area (Å²) in [4.78, 5) is 27.3. The van der Waals surface area contributed by atoms with Gasteiger partial charge in [-0.25, -0.2) is 4.99 Å². The van der Waals surface area contributed by atoms with Crippen LogP contribution in [-0.4, -0.2) is 17.4 Å². The molecule has 92 valence electrons. The van der Waals surface area contributed by atoms with Crippen LogP contribution in [0.15, 0.2) is 40.2 Å². The summed E-state index contributed by atoms with van der Waals surface area (Å²) < 4.78 is 0. The Morgan fingerprint density at radius 3 is 3.00 bits per heavy atom. The number of hydrogen-bond acceptors (Lipinski definition) is 3. The van der Waals surface area contributed by atoms with E-state index in [1.807, 2.05) is 18.2 Å². The molecule has 3 rings (SSSR count). The summed E-state index contributed by atoms with van der Waals surface area (Å²) >= 11 is 0. The fourth-order valence-electron chi connectivity index (χ4n) is 2.69. The van der Waals surface area contributed by atoms with Crippen molar-refractivity contribution in [1.29, 1.82) is 0 Å². The Bertz CT molecular complexity index is 564. The average Bonchev–Trinajstić information content (AvgIpc) is 2.68. The molecule has 0 spiro atoms. The monoisotopic (exact) mass is 242 g/mol. The maximum Gasteiger partial charge on any atom is 0.221 e. The van der Waals surface area contributed by atoms with Crippen molar-refractivity contribution < 1.29 is 9.59 Å². The molecular formula is C14H14N2O2. The van der Waals surface area contributed by atoms with Crippen LogP contribution in [0.4, 0.5) is 0 Å². The zero-order valence-electron chi connectivity index (χ0n) is 10.2. The van der Waals surface area contributed by atoms with E-state index in [2.05, 4.69) is 10.3 Å².